The standard InChI is InChI=1S/C16H18BrN3O2/c1-2-4-14-18-16(22-19-14)13-7-8-15(21)20(13)10-11-5-3-6-12(17)9-11/h3,5-6,9,13H,2,4,7-8,10H2,1H3. The lowest BCUT2D eigenvalue weighted by atomic mass is 10.2. The van der Waals surface area contributed by atoms with E-state index in [0.29, 0.717) is 18.9 Å². The van der Waals surface area contributed by atoms with Crippen LogP contribution in [0.3, 0.4) is 0 Å². The van der Waals surface area contributed by atoms with Gasteiger partial charge in [-0.15, -0.1) is 0 Å². The Hall–Kier alpha value is -1.69. The van der Waals surface area contributed by atoms with Crippen molar-refractivity contribution in [2.75, 3.05) is 0 Å². The molecule has 22 heavy (non-hydrogen) atoms. The van der Waals surface area contributed by atoms with E-state index in [0.717, 1.165) is 35.1 Å². The Kier molecular flexibility index (Phi) is 4.57. The summed E-state index contributed by atoms with van der Waals surface area (Å²) in [6, 6.07) is 7.88. The first-order valence-corrected chi connectivity index (χ1v) is 8.33. The van der Waals surface area contributed by atoms with Gasteiger partial charge < -0.3 is 9.42 Å². The number of hydrogen-bond donors (Lipinski definition) is 0. The number of halogens is 1. The molecule has 2 aromatic rings. The smallest absolute Gasteiger partial charge is 0.249 e. The largest absolute Gasteiger partial charge is 0.337 e. The predicted molar refractivity (Wildman–Crippen MR) is 85.0 cm³/mol. The molecular weight excluding hydrogens is 346 g/mol. The Morgan fingerprint density at radius 3 is 3.09 bits per heavy atom. The highest BCUT2D eigenvalue weighted by Gasteiger charge is 2.35. The minimum absolute atomic E-state index is 0.107. The molecule has 0 N–H and O–H groups in total. The fourth-order valence-corrected chi connectivity index (χ4v) is 3.20. The van der Waals surface area contributed by atoms with Gasteiger partial charge in [-0.2, -0.15) is 4.98 Å². The first-order chi connectivity index (χ1) is 10.7. The molecule has 0 bridgehead atoms. The fourth-order valence-electron chi connectivity index (χ4n) is 2.75. The number of rotatable bonds is 5. The van der Waals surface area contributed by atoms with E-state index in [2.05, 4.69) is 33.0 Å². The maximum absolute atomic E-state index is 12.2. The second-order valence-corrected chi connectivity index (χ2v) is 6.42. The molecular formula is C16H18BrN3O2. The topological polar surface area (TPSA) is 59.2 Å². The van der Waals surface area contributed by atoms with Gasteiger partial charge in [-0.25, -0.2) is 0 Å². The molecule has 0 saturated carbocycles. The lowest BCUT2D eigenvalue weighted by Crippen LogP contribution is -2.27. The van der Waals surface area contributed by atoms with Gasteiger partial charge in [0.2, 0.25) is 11.8 Å². The molecule has 1 amide bonds. The Morgan fingerprint density at radius 1 is 1.45 bits per heavy atom. The van der Waals surface area contributed by atoms with Crippen LogP contribution in [0, 0.1) is 0 Å². The average molecular weight is 364 g/mol. The summed E-state index contributed by atoms with van der Waals surface area (Å²) in [5.74, 6) is 1.42. The molecule has 1 saturated heterocycles. The van der Waals surface area contributed by atoms with Crippen LogP contribution in [0.15, 0.2) is 33.3 Å². The van der Waals surface area contributed by atoms with Crippen LogP contribution in [-0.2, 0) is 17.8 Å². The van der Waals surface area contributed by atoms with Crippen molar-refractivity contribution in [1.82, 2.24) is 15.0 Å². The van der Waals surface area contributed by atoms with E-state index in [1.54, 1.807) is 0 Å². The Morgan fingerprint density at radius 2 is 2.32 bits per heavy atom. The van der Waals surface area contributed by atoms with Gasteiger partial charge >= 0.3 is 0 Å². The van der Waals surface area contributed by atoms with Gasteiger partial charge in [0.25, 0.3) is 0 Å². The van der Waals surface area contributed by atoms with Crippen LogP contribution in [0.1, 0.15) is 49.5 Å². The van der Waals surface area contributed by atoms with Gasteiger partial charge in [0, 0.05) is 23.9 Å². The maximum Gasteiger partial charge on any atom is 0.249 e. The Balaban J connectivity index is 1.79. The molecule has 0 aliphatic carbocycles. The molecule has 1 aliphatic rings. The Labute approximate surface area is 137 Å². The van der Waals surface area contributed by atoms with Crippen molar-refractivity contribution < 1.29 is 9.32 Å². The van der Waals surface area contributed by atoms with Gasteiger partial charge in [-0.1, -0.05) is 40.1 Å². The van der Waals surface area contributed by atoms with Crippen LogP contribution in [0.5, 0.6) is 0 Å². The quantitative estimate of drug-likeness (QED) is 0.813. The summed E-state index contributed by atoms with van der Waals surface area (Å²) in [4.78, 5) is 18.5. The summed E-state index contributed by atoms with van der Waals surface area (Å²) >= 11 is 3.46. The number of benzene rings is 1. The van der Waals surface area contributed by atoms with Gasteiger partial charge in [0.1, 0.15) is 6.04 Å². The van der Waals surface area contributed by atoms with Crippen molar-refractivity contribution in [3.05, 3.63) is 46.0 Å². The summed E-state index contributed by atoms with van der Waals surface area (Å²) in [7, 11) is 0. The van der Waals surface area contributed by atoms with Crippen molar-refractivity contribution in [2.45, 2.75) is 45.2 Å². The van der Waals surface area contributed by atoms with Crippen molar-refractivity contribution in [3.63, 3.8) is 0 Å². The van der Waals surface area contributed by atoms with Crippen LogP contribution >= 0.6 is 15.9 Å². The molecule has 2 heterocycles. The second kappa shape index (κ2) is 6.60. The van der Waals surface area contributed by atoms with Gasteiger partial charge in [-0.05, 0) is 30.5 Å². The van der Waals surface area contributed by atoms with Crippen LogP contribution < -0.4 is 0 Å². The molecule has 1 atom stereocenters. The highest BCUT2D eigenvalue weighted by Crippen LogP contribution is 2.33. The molecule has 1 aromatic carbocycles. The Bertz CT molecular complexity index is 671. The molecule has 1 fully saturated rings. The second-order valence-electron chi connectivity index (χ2n) is 5.50. The van der Waals surface area contributed by atoms with Crippen LogP contribution in [0.4, 0.5) is 0 Å². The summed E-state index contributed by atoms with van der Waals surface area (Å²) in [5.41, 5.74) is 1.09. The fraction of sp³-hybridized carbons (Fsp3) is 0.438. The zero-order valence-electron chi connectivity index (χ0n) is 12.5. The number of aryl methyl sites for hydroxylation is 1. The minimum Gasteiger partial charge on any atom is -0.337 e. The molecule has 3 rings (SSSR count). The molecule has 6 heteroatoms. The molecule has 0 spiro atoms. The van der Waals surface area contributed by atoms with E-state index in [1.807, 2.05) is 29.2 Å². The highest BCUT2D eigenvalue weighted by atomic mass is 79.9. The van der Waals surface area contributed by atoms with Crippen LogP contribution in [-0.4, -0.2) is 20.9 Å². The zero-order valence-corrected chi connectivity index (χ0v) is 14.0. The van der Waals surface area contributed by atoms with E-state index < -0.39 is 0 Å². The number of carbonyl (C=O) groups is 1. The van der Waals surface area contributed by atoms with Gasteiger partial charge in [0.05, 0.1) is 0 Å². The van der Waals surface area contributed by atoms with E-state index in [4.69, 9.17) is 4.52 Å². The van der Waals surface area contributed by atoms with E-state index in [1.165, 1.54) is 0 Å². The predicted octanol–water partition coefficient (Wildman–Crippen LogP) is 3.65. The van der Waals surface area contributed by atoms with Gasteiger partial charge in [-0.3, -0.25) is 4.79 Å². The summed E-state index contributed by atoms with van der Waals surface area (Å²) in [5, 5.41) is 4.00. The van der Waals surface area contributed by atoms with E-state index in [9.17, 15) is 4.79 Å². The number of nitrogens with zero attached hydrogens (tertiary/aromatic N) is 3. The monoisotopic (exact) mass is 363 g/mol. The highest BCUT2D eigenvalue weighted by molar-refractivity contribution is 9.10. The minimum atomic E-state index is -0.107. The van der Waals surface area contributed by atoms with Crippen LogP contribution in [0.2, 0.25) is 0 Å². The van der Waals surface area contributed by atoms with E-state index in [-0.39, 0.29) is 11.9 Å². The van der Waals surface area contributed by atoms with Crippen LogP contribution in [0.25, 0.3) is 0 Å². The first kappa shape index (κ1) is 15.2. The maximum atomic E-state index is 12.2. The van der Waals surface area contributed by atoms with Crippen molar-refractivity contribution in [3.8, 4) is 0 Å². The third-order valence-corrected chi connectivity index (χ3v) is 4.31. The SMILES string of the molecule is CCCc1noc(C2CCC(=O)N2Cc2cccc(Br)c2)n1. The molecule has 0 radical (unpaired) electrons. The molecule has 1 unspecified atom stereocenters. The van der Waals surface area contributed by atoms with Gasteiger partial charge in [0.15, 0.2) is 5.82 Å². The lowest BCUT2D eigenvalue weighted by molar-refractivity contribution is -0.129. The first-order valence-electron chi connectivity index (χ1n) is 7.53. The number of aromatic nitrogens is 2. The summed E-state index contributed by atoms with van der Waals surface area (Å²) in [6.45, 7) is 2.64. The summed E-state index contributed by atoms with van der Waals surface area (Å²) in [6.07, 6.45) is 3.05. The molecule has 5 nitrogen and oxygen atoms in total. The summed E-state index contributed by atoms with van der Waals surface area (Å²) < 4.78 is 6.39. The number of amides is 1. The molecule has 1 aromatic heterocycles. The molecule has 116 valence electrons. The number of hydrogen-bond acceptors (Lipinski definition) is 4. The molecule has 1 aliphatic heterocycles. The van der Waals surface area contributed by atoms with Crippen molar-refractivity contribution in [1.29, 1.82) is 0 Å². The lowest BCUT2D eigenvalue weighted by Gasteiger charge is -2.22. The van der Waals surface area contributed by atoms with Crippen molar-refractivity contribution >= 4 is 21.8 Å². The van der Waals surface area contributed by atoms with E-state index >= 15 is 0 Å². The normalized spacial score (nSPS) is 18.2. The third kappa shape index (κ3) is 3.21. The van der Waals surface area contributed by atoms with Crippen molar-refractivity contribution in [2.24, 2.45) is 0 Å². The third-order valence-electron chi connectivity index (χ3n) is 3.81. The zero-order chi connectivity index (χ0) is 15.5. The average Bonchev–Trinajstić information content (AvgIpc) is 3.08. The number of likely N-dealkylation sites (tertiary alicyclic amines) is 1. The number of carbonyl (C=O) groups excluding carboxylic acids is 1.